The lowest BCUT2D eigenvalue weighted by Gasteiger charge is -2.17. The zero-order chi connectivity index (χ0) is 13.0. The maximum absolute atomic E-state index is 9.93. The molecule has 1 aromatic rings. The quantitative estimate of drug-likeness (QED) is 0.837. The lowest BCUT2D eigenvalue weighted by atomic mass is 10.0. The number of benzene rings is 1. The van der Waals surface area contributed by atoms with Crippen molar-refractivity contribution in [3.8, 4) is 11.8 Å². The number of para-hydroxylation sites is 1. The lowest BCUT2D eigenvalue weighted by Crippen LogP contribution is -2.13. The molecule has 0 spiro atoms. The highest BCUT2D eigenvalue weighted by Gasteiger charge is 2.43. The Morgan fingerprint density at radius 1 is 1.44 bits per heavy atom. The third-order valence-electron chi connectivity index (χ3n) is 3.61. The van der Waals surface area contributed by atoms with Crippen molar-refractivity contribution in [3.05, 3.63) is 29.8 Å². The molecule has 0 radical (unpaired) electrons. The van der Waals surface area contributed by atoms with E-state index in [1.165, 1.54) is 0 Å². The van der Waals surface area contributed by atoms with Crippen molar-refractivity contribution in [1.29, 1.82) is 5.26 Å². The van der Waals surface area contributed by atoms with Gasteiger partial charge in [-0.3, -0.25) is 0 Å². The first-order chi connectivity index (χ1) is 8.71. The standard InChI is InChI=1S/C15H19NO2/c1-2-13(17)12-5-3-4-6-14(12)18-11-15(7-8-15)9-10-16/h3-6,13,17H,2,7-9,11H2,1H3/t13-/m0/s1. The van der Waals surface area contributed by atoms with Gasteiger partial charge in [0.1, 0.15) is 5.75 Å². The van der Waals surface area contributed by atoms with Crippen LogP contribution in [0.3, 0.4) is 0 Å². The van der Waals surface area contributed by atoms with Crippen LogP contribution in [0.25, 0.3) is 0 Å². The van der Waals surface area contributed by atoms with Gasteiger partial charge in [-0.05, 0) is 25.3 Å². The fourth-order valence-corrected chi connectivity index (χ4v) is 2.05. The largest absolute Gasteiger partial charge is 0.493 e. The highest BCUT2D eigenvalue weighted by molar-refractivity contribution is 5.35. The first-order valence-corrected chi connectivity index (χ1v) is 6.47. The van der Waals surface area contributed by atoms with Crippen LogP contribution in [0.15, 0.2) is 24.3 Å². The molecule has 18 heavy (non-hydrogen) atoms. The fraction of sp³-hybridized carbons (Fsp3) is 0.533. The number of ether oxygens (including phenoxy) is 1. The van der Waals surface area contributed by atoms with E-state index in [-0.39, 0.29) is 5.41 Å². The molecule has 0 bridgehead atoms. The van der Waals surface area contributed by atoms with Gasteiger partial charge >= 0.3 is 0 Å². The Kier molecular flexibility index (Phi) is 3.88. The van der Waals surface area contributed by atoms with Crippen LogP contribution in [0.1, 0.15) is 44.3 Å². The molecule has 1 aliphatic carbocycles. The predicted octanol–water partition coefficient (Wildman–Crippen LogP) is 3.20. The van der Waals surface area contributed by atoms with Crippen LogP contribution in [0.2, 0.25) is 0 Å². The number of aliphatic hydroxyl groups excluding tert-OH is 1. The van der Waals surface area contributed by atoms with Gasteiger partial charge in [-0.25, -0.2) is 0 Å². The second-order valence-electron chi connectivity index (χ2n) is 5.09. The van der Waals surface area contributed by atoms with Gasteiger partial charge in [0, 0.05) is 17.4 Å². The molecule has 1 N–H and O–H groups in total. The molecular formula is C15H19NO2. The van der Waals surface area contributed by atoms with Crippen molar-refractivity contribution in [1.82, 2.24) is 0 Å². The number of rotatable bonds is 6. The summed E-state index contributed by atoms with van der Waals surface area (Å²) in [5.74, 6) is 0.746. The van der Waals surface area contributed by atoms with Crippen LogP contribution >= 0.6 is 0 Å². The molecule has 1 saturated carbocycles. The van der Waals surface area contributed by atoms with Crippen molar-refractivity contribution in [2.75, 3.05) is 6.61 Å². The van der Waals surface area contributed by atoms with Crippen LogP contribution in [0, 0.1) is 16.7 Å². The molecule has 0 aliphatic heterocycles. The summed E-state index contributed by atoms with van der Waals surface area (Å²) in [6.45, 7) is 2.52. The molecule has 0 saturated heterocycles. The van der Waals surface area contributed by atoms with Crippen molar-refractivity contribution >= 4 is 0 Å². The summed E-state index contributed by atoms with van der Waals surface area (Å²) in [4.78, 5) is 0. The second kappa shape index (κ2) is 5.41. The average Bonchev–Trinajstić information content (AvgIpc) is 3.16. The SMILES string of the molecule is CC[C@H](O)c1ccccc1OCC1(CC#N)CC1. The first kappa shape index (κ1) is 12.9. The topological polar surface area (TPSA) is 53.2 Å². The molecule has 2 rings (SSSR count). The van der Waals surface area contributed by atoms with Crippen LogP contribution in [0.5, 0.6) is 5.75 Å². The van der Waals surface area contributed by atoms with Crippen molar-refractivity contribution in [2.24, 2.45) is 5.41 Å². The van der Waals surface area contributed by atoms with E-state index < -0.39 is 6.10 Å². The molecular weight excluding hydrogens is 226 g/mol. The number of hydrogen-bond donors (Lipinski definition) is 1. The van der Waals surface area contributed by atoms with Gasteiger partial charge in [-0.15, -0.1) is 0 Å². The Bertz CT molecular complexity index is 446. The van der Waals surface area contributed by atoms with Crippen LogP contribution in [-0.4, -0.2) is 11.7 Å². The number of aliphatic hydroxyl groups is 1. The smallest absolute Gasteiger partial charge is 0.125 e. The van der Waals surface area contributed by atoms with Crippen molar-refractivity contribution < 1.29 is 9.84 Å². The summed E-state index contributed by atoms with van der Waals surface area (Å²) in [5, 5.41) is 18.7. The zero-order valence-corrected chi connectivity index (χ0v) is 10.7. The molecule has 0 heterocycles. The van der Waals surface area contributed by atoms with Crippen LogP contribution in [0.4, 0.5) is 0 Å². The van der Waals surface area contributed by atoms with Gasteiger partial charge in [-0.2, -0.15) is 5.26 Å². The van der Waals surface area contributed by atoms with E-state index in [1.54, 1.807) is 0 Å². The highest BCUT2D eigenvalue weighted by atomic mass is 16.5. The molecule has 1 aromatic carbocycles. The Morgan fingerprint density at radius 3 is 2.78 bits per heavy atom. The number of hydrogen-bond acceptors (Lipinski definition) is 3. The summed E-state index contributed by atoms with van der Waals surface area (Å²) in [5.41, 5.74) is 0.909. The van der Waals surface area contributed by atoms with E-state index in [0.717, 1.165) is 24.2 Å². The average molecular weight is 245 g/mol. The summed E-state index contributed by atoms with van der Waals surface area (Å²) < 4.78 is 5.83. The first-order valence-electron chi connectivity index (χ1n) is 6.47. The Labute approximate surface area is 108 Å². The third kappa shape index (κ3) is 2.83. The molecule has 3 heteroatoms. The fourth-order valence-electron chi connectivity index (χ4n) is 2.05. The minimum atomic E-state index is -0.479. The third-order valence-corrected chi connectivity index (χ3v) is 3.61. The number of nitrogens with zero attached hydrogens (tertiary/aromatic N) is 1. The second-order valence-corrected chi connectivity index (χ2v) is 5.09. The normalized spacial score (nSPS) is 17.8. The molecule has 1 fully saturated rings. The van der Waals surface area contributed by atoms with Crippen molar-refractivity contribution in [3.63, 3.8) is 0 Å². The molecule has 1 atom stereocenters. The minimum absolute atomic E-state index is 0.0685. The van der Waals surface area contributed by atoms with E-state index in [2.05, 4.69) is 6.07 Å². The van der Waals surface area contributed by atoms with Gasteiger partial charge < -0.3 is 9.84 Å². The number of nitriles is 1. The summed E-state index contributed by atoms with van der Waals surface area (Å²) in [7, 11) is 0. The Morgan fingerprint density at radius 2 is 2.17 bits per heavy atom. The van der Waals surface area contributed by atoms with E-state index in [1.807, 2.05) is 31.2 Å². The van der Waals surface area contributed by atoms with E-state index >= 15 is 0 Å². The lowest BCUT2D eigenvalue weighted by molar-refractivity contribution is 0.162. The Balaban J connectivity index is 2.03. The molecule has 0 amide bonds. The molecule has 0 unspecified atom stereocenters. The van der Waals surface area contributed by atoms with Gasteiger partial charge in [0.15, 0.2) is 0 Å². The molecule has 3 nitrogen and oxygen atoms in total. The van der Waals surface area contributed by atoms with E-state index in [4.69, 9.17) is 10.00 Å². The summed E-state index contributed by atoms with van der Waals surface area (Å²) in [6, 6.07) is 9.82. The predicted molar refractivity (Wildman–Crippen MR) is 69.1 cm³/mol. The van der Waals surface area contributed by atoms with Crippen molar-refractivity contribution in [2.45, 2.75) is 38.7 Å². The molecule has 1 aliphatic rings. The minimum Gasteiger partial charge on any atom is -0.493 e. The zero-order valence-electron chi connectivity index (χ0n) is 10.7. The van der Waals surface area contributed by atoms with Gasteiger partial charge in [0.25, 0.3) is 0 Å². The van der Waals surface area contributed by atoms with E-state index in [9.17, 15) is 5.11 Å². The van der Waals surface area contributed by atoms with Gasteiger partial charge in [0.2, 0.25) is 0 Å². The monoisotopic (exact) mass is 245 g/mol. The van der Waals surface area contributed by atoms with Crippen LogP contribution in [-0.2, 0) is 0 Å². The van der Waals surface area contributed by atoms with Gasteiger partial charge in [0.05, 0.1) is 18.8 Å². The maximum atomic E-state index is 9.93. The molecule has 0 aromatic heterocycles. The Hall–Kier alpha value is -1.53. The summed E-state index contributed by atoms with van der Waals surface area (Å²) >= 11 is 0. The summed E-state index contributed by atoms with van der Waals surface area (Å²) in [6.07, 6.45) is 2.89. The van der Waals surface area contributed by atoms with E-state index in [0.29, 0.717) is 19.4 Å². The van der Waals surface area contributed by atoms with Crippen LogP contribution < -0.4 is 4.74 Å². The molecule has 96 valence electrons. The maximum Gasteiger partial charge on any atom is 0.125 e. The highest BCUT2D eigenvalue weighted by Crippen LogP contribution is 2.49. The van der Waals surface area contributed by atoms with Gasteiger partial charge in [-0.1, -0.05) is 25.1 Å².